The van der Waals surface area contributed by atoms with Crippen LogP contribution in [0.15, 0.2) is 24.3 Å². The summed E-state index contributed by atoms with van der Waals surface area (Å²) in [7, 11) is 0. The molecular weight excluding hydrogens is 232 g/mol. The van der Waals surface area contributed by atoms with Gasteiger partial charge in [-0.2, -0.15) is 5.26 Å². The Morgan fingerprint density at radius 3 is 2.26 bits per heavy atom. The molecule has 1 fully saturated rings. The quantitative estimate of drug-likeness (QED) is 0.818. The highest BCUT2D eigenvalue weighted by Crippen LogP contribution is 2.46. The van der Waals surface area contributed by atoms with Gasteiger partial charge in [0.15, 0.2) is 0 Å². The zero-order valence-corrected chi connectivity index (χ0v) is 11.0. The lowest BCUT2D eigenvalue weighted by Gasteiger charge is -2.32. The van der Waals surface area contributed by atoms with Crippen LogP contribution in [0.3, 0.4) is 0 Å². The molecule has 0 saturated heterocycles. The molecule has 0 radical (unpaired) electrons. The Balaban J connectivity index is 1.99. The molecule has 2 aliphatic carbocycles. The van der Waals surface area contributed by atoms with E-state index in [9.17, 15) is 5.26 Å². The van der Waals surface area contributed by atoms with E-state index < -0.39 is 5.54 Å². The lowest BCUT2D eigenvalue weighted by atomic mass is 9.80. The number of nitrogens with zero attached hydrogens (tertiary/aromatic N) is 1. The van der Waals surface area contributed by atoms with Crippen molar-refractivity contribution in [2.75, 3.05) is 6.54 Å². The molecule has 2 aliphatic rings. The van der Waals surface area contributed by atoms with E-state index in [1.54, 1.807) is 0 Å². The van der Waals surface area contributed by atoms with E-state index >= 15 is 0 Å². The van der Waals surface area contributed by atoms with Gasteiger partial charge in [0.25, 0.3) is 0 Å². The summed E-state index contributed by atoms with van der Waals surface area (Å²) in [5.74, 6) is 3.40. The van der Waals surface area contributed by atoms with Crippen molar-refractivity contribution in [1.82, 2.24) is 5.32 Å². The lowest BCUT2D eigenvalue weighted by molar-refractivity contribution is 0.267. The molecule has 1 N–H and O–H groups in total. The van der Waals surface area contributed by atoms with Crippen LogP contribution in [0.4, 0.5) is 0 Å². The zero-order chi connectivity index (χ0) is 13.3. The van der Waals surface area contributed by atoms with Crippen molar-refractivity contribution in [1.29, 1.82) is 5.26 Å². The van der Waals surface area contributed by atoms with E-state index in [0.29, 0.717) is 18.4 Å². The summed E-state index contributed by atoms with van der Waals surface area (Å²) in [5, 5.41) is 13.1. The van der Waals surface area contributed by atoms with Crippen LogP contribution in [-0.2, 0) is 12.8 Å². The topological polar surface area (TPSA) is 35.8 Å². The summed E-state index contributed by atoms with van der Waals surface area (Å²) in [6.45, 7) is 0.483. The molecule has 1 aromatic rings. The molecular formula is C17H18N2. The molecule has 2 unspecified atom stereocenters. The fraction of sp³-hybridized carbons (Fsp3) is 0.471. The molecule has 0 aliphatic heterocycles. The van der Waals surface area contributed by atoms with Gasteiger partial charge in [-0.05, 0) is 48.6 Å². The SMILES string of the molecule is C#CCNC1(C#N)C2CCC1Cc1ccccc1C2. The van der Waals surface area contributed by atoms with E-state index in [1.165, 1.54) is 11.1 Å². The summed E-state index contributed by atoms with van der Waals surface area (Å²) in [6, 6.07) is 11.2. The second kappa shape index (κ2) is 4.72. The maximum Gasteiger partial charge on any atom is 0.113 e. The average Bonchev–Trinajstić information content (AvgIpc) is 2.68. The fourth-order valence-corrected chi connectivity index (χ4v) is 3.91. The molecule has 1 aromatic carbocycles. The number of fused-ring (bicyclic) bond motifs is 3. The number of terminal acetylenes is 1. The Morgan fingerprint density at radius 1 is 1.21 bits per heavy atom. The molecule has 3 rings (SSSR count). The highest BCUT2D eigenvalue weighted by molar-refractivity contribution is 5.35. The van der Waals surface area contributed by atoms with Crippen molar-refractivity contribution < 1.29 is 0 Å². The lowest BCUT2D eigenvalue weighted by Crippen LogP contribution is -2.52. The third-order valence-corrected chi connectivity index (χ3v) is 4.87. The van der Waals surface area contributed by atoms with Gasteiger partial charge >= 0.3 is 0 Å². The van der Waals surface area contributed by atoms with Crippen LogP contribution < -0.4 is 5.32 Å². The van der Waals surface area contributed by atoms with Crippen LogP contribution in [0, 0.1) is 35.5 Å². The Labute approximate surface area is 114 Å². The van der Waals surface area contributed by atoms with E-state index in [-0.39, 0.29) is 0 Å². The Hall–Kier alpha value is -1.77. The first-order chi connectivity index (χ1) is 9.30. The maximum atomic E-state index is 9.77. The number of hydrogen-bond acceptors (Lipinski definition) is 2. The Morgan fingerprint density at radius 2 is 1.79 bits per heavy atom. The van der Waals surface area contributed by atoms with Crippen molar-refractivity contribution in [2.24, 2.45) is 11.8 Å². The summed E-state index contributed by atoms with van der Waals surface area (Å²) in [4.78, 5) is 0. The van der Waals surface area contributed by atoms with Gasteiger partial charge in [0.2, 0.25) is 0 Å². The number of nitriles is 1. The monoisotopic (exact) mass is 250 g/mol. The minimum absolute atomic E-state index is 0.388. The van der Waals surface area contributed by atoms with Crippen LogP contribution in [0.25, 0.3) is 0 Å². The van der Waals surface area contributed by atoms with Gasteiger partial charge in [0.05, 0.1) is 12.6 Å². The standard InChI is InChI=1S/C17H18N2/c1-2-9-19-17(12-18)15-7-8-16(17)11-14-6-4-3-5-13(14)10-15/h1,3-6,15-16,19H,7-11H2. The first kappa shape index (κ1) is 12.3. The molecule has 2 bridgehead atoms. The molecule has 2 atom stereocenters. The van der Waals surface area contributed by atoms with Crippen LogP contribution >= 0.6 is 0 Å². The molecule has 2 nitrogen and oxygen atoms in total. The summed E-state index contributed by atoms with van der Waals surface area (Å²) in [6.07, 6.45) is 9.63. The smallest absolute Gasteiger partial charge is 0.113 e. The van der Waals surface area contributed by atoms with Crippen LogP contribution in [0.1, 0.15) is 24.0 Å². The van der Waals surface area contributed by atoms with Crippen molar-refractivity contribution in [3.63, 3.8) is 0 Å². The number of rotatable bonds is 2. The van der Waals surface area contributed by atoms with Gasteiger partial charge in [-0.25, -0.2) is 0 Å². The Kier molecular flexibility index (Phi) is 3.05. The number of hydrogen-bond donors (Lipinski definition) is 1. The van der Waals surface area contributed by atoms with Crippen molar-refractivity contribution >= 4 is 0 Å². The number of benzene rings is 1. The molecule has 0 amide bonds. The third-order valence-electron chi connectivity index (χ3n) is 4.87. The minimum atomic E-state index is -0.425. The highest BCUT2D eigenvalue weighted by atomic mass is 15.0. The average molecular weight is 250 g/mol. The van der Waals surface area contributed by atoms with Crippen molar-refractivity contribution in [3.8, 4) is 18.4 Å². The molecule has 96 valence electrons. The minimum Gasteiger partial charge on any atom is -0.288 e. The van der Waals surface area contributed by atoms with Gasteiger partial charge in [-0.3, -0.25) is 5.32 Å². The third kappa shape index (κ3) is 1.84. The van der Waals surface area contributed by atoms with Crippen LogP contribution in [0.5, 0.6) is 0 Å². The molecule has 19 heavy (non-hydrogen) atoms. The second-order valence-corrected chi connectivity index (χ2v) is 5.69. The molecule has 0 spiro atoms. The molecule has 2 heteroatoms. The van der Waals surface area contributed by atoms with Gasteiger partial charge in [0, 0.05) is 0 Å². The normalized spacial score (nSPS) is 31.9. The van der Waals surface area contributed by atoms with Crippen LogP contribution in [0.2, 0.25) is 0 Å². The van der Waals surface area contributed by atoms with Gasteiger partial charge in [0.1, 0.15) is 5.54 Å². The summed E-state index contributed by atoms with van der Waals surface area (Å²) >= 11 is 0. The van der Waals surface area contributed by atoms with Crippen LogP contribution in [-0.4, -0.2) is 12.1 Å². The van der Waals surface area contributed by atoms with E-state index in [2.05, 4.69) is 41.6 Å². The first-order valence-electron chi connectivity index (χ1n) is 6.96. The van der Waals surface area contributed by atoms with E-state index in [0.717, 1.165) is 25.7 Å². The second-order valence-electron chi connectivity index (χ2n) is 5.69. The van der Waals surface area contributed by atoms with E-state index in [1.807, 2.05) is 0 Å². The molecule has 1 saturated carbocycles. The predicted octanol–water partition coefficient (Wildman–Crippen LogP) is 2.30. The van der Waals surface area contributed by atoms with Gasteiger partial charge in [-0.15, -0.1) is 6.42 Å². The first-order valence-corrected chi connectivity index (χ1v) is 6.96. The molecule has 0 aromatic heterocycles. The highest BCUT2D eigenvalue weighted by Gasteiger charge is 2.51. The predicted molar refractivity (Wildman–Crippen MR) is 75.2 cm³/mol. The van der Waals surface area contributed by atoms with Crippen molar-refractivity contribution in [3.05, 3.63) is 35.4 Å². The Bertz CT molecular complexity index is 528. The van der Waals surface area contributed by atoms with Gasteiger partial charge < -0.3 is 0 Å². The zero-order valence-electron chi connectivity index (χ0n) is 11.0. The van der Waals surface area contributed by atoms with E-state index in [4.69, 9.17) is 6.42 Å². The maximum absolute atomic E-state index is 9.77. The largest absolute Gasteiger partial charge is 0.288 e. The van der Waals surface area contributed by atoms with Crippen molar-refractivity contribution in [2.45, 2.75) is 31.2 Å². The van der Waals surface area contributed by atoms with Gasteiger partial charge in [-0.1, -0.05) is 30.2 Å². The summed E-state index contributed by atoms with van der Waals surface area (Å²) < 4.78 is 0. The summed E-state index contributed by atoms with van der Waals surface area (Å²) in [5.41, 5.74) is 2.40. The molecule has 0 heterocycles. The number of nitrogens with one attached hydrogen (secondary N) is 1. The fourth-order valence-electron chi connectivity index (χ4n) is 3.91.